The molecule has 30 heavy (non-hydrogen) atoms. The van der Waals surface area contributed by atoms with Gasteiger partial charge in [0, 0.05) is 32.2 Å². The average Bonchev–Trinajstić information content (AvgIpc) is 2.63. The molecular weight excluding hydrogens is 390 g/mol. The van der Waals surface area contributed by atoms with Crippen molar-refractivity contribution >= 4 is 29.8 Å². The number of ether oxygens (including phenoxy) is 1. The molecule has 0 aliphatic carbocycles. The van der Waals surface area contributed by atoms with E-state index in [1.807, 2.05) is 0 Å². The van der Waals surface area contributed by atoms with Gasteiger partial charge in [-0.05, 0) is 38.8 Å². The minimum atomic E-state index is -1.13. The topological polar surface area (TPSA) is 151 Å². The van der Waals surface area contributed by atoms with Crippen molar-refractivity contribution in [2.45, 2.75) is 64.6 Å². The highest BCUT2D eigenvalue weighted by atomic mass is 16.6. The van der Waals surface area contributed by atoms with Crippen LogP contribution >= 0.6 is 0 Å². The van der Waals surface area contributed by atoms with Crippen molar-refractivity contribution in [1.29, 1.82) is 0 Å². The maximum absolute atomic E-state index is 12.8. The standard InChI is InChI=1S/C20H27N5O5/c1-13(26)24-17(10-14-6-5-9-22-11-14)18(28)25-16(8-7-15(27)12-23-21)19(29)30-20(2,3)4/h5-6,9,11-12,16-17H,7-8,10H2,1-4H3,(H,24,26)(H,25,28)/t16-,17-/m0/s1. The third kappa shape index (κ3) is 9.70. The molecule has 10 heteroatoms. The predicted molar refractivity (Wildman–Crippen MR) is 107 cm³/mol. The Balaban J connectivity index is 2.98. The van der Waals surface area contributed by atoms with Gasteiger partial charge in [0.2, 0.25) is 17.6 Å². The third-order valence-electron chi connectivity index (χ3n) is 3.75. The highest BCUT2D eigenvalue weighted by molar-refractivity contribution is 6.25. The Hall–Kier alpha value is -3.39. The van der Waals surface area contributed by atoms with E-state index in [9.17, 15) is 19.2 Å². The van der Waals surface area contributed by atoms with Crippen LogP contribution in [0.25, 0.3) is 5.53 Å². The van der Waals surface area contributed by atoms with Crippen LogP contribution in [-0.4, -0.2) is 57.2 Å². The molecule has 1 rings (SSSR count). The number of esters is 1. The first-order valence-electron chi connectivity index (χ1n) is 9.41. The van der Waals surface area contributed by atoms with Crippen molar-refractivity contribution in [3.8, 4) is 0 Å². The van der Waals surface area contributed by atoms with E-state index in [0.29, 0.717) is 0 Å². The zero-order valence-electron chi connectivity index (χ0n) is 17.5. The Labute approximate surface area is 175 Å². The van der Waals surface area contributed by atoms with E-state index in [2.05, 4.69) is 20.4 Å². The number of pyridine rings is 1. The number of nitrogens with one attached hydrogen (secondary N) is 2. The maximum atomic E-state index is 12.8. The first-order chi connectivity index (χ1) is 14.0. The van der Waals surface area contributed by atoms with Crippen LogP contribution in [0.2, 0.25) is 0 Å². The van der Waals surface area contributed by atoms with Gasteiger partial charge < -0.3 is 20.9 Å². The van der Waals surface area contributed by atoms with Crippen LogP contribution in [-0.2, 0) is 30.3 Å². The van der Waals surface area contributed by atoms with E-state index >= 15 is 0 Å². The van der Waals surface area contributed by atoms with Gasteiger partial charge in [-0.1, -0.05) is 6.07 Å². The van der Waals surface area contributed by atoms with E-state index in [0.717, 1.165) is 11.8 Å². The summed E-state index contributed by atoms with van der Waals surface area (Å²) >= 11 is 0. The number of nitrogens with zero attached hydrogens (tertiary/aromatic N) is 3. The van der Waals surface area contributed by atoms with Gasteiger partial charge in [-0.15, -0.1) is 0 Å². The summed E-state index contributed by atoms with van der Waals surface area (Å²) in [5, 5.41) is 5.11. The molecule has 0 bridgehead atoms. The lowest BCUT2D eigenvalue weighted by Crippen LogP contribution is -2.53. The summed E-state index contributed by atoms with van der Waals surface area (Å²) in [5.41, 5.74) is 8.36. The molecule has 10 nitrogen and oxygen atoms in total. The van der Waals surface area contributed by atoms with E-state index in [4.69, 9.17) is 10.3 Å². The van der Waals surface area contributed by atoms with Crippen molar-refractivity contribution in [3.05, 3.63) is 35.6 Å². The summed E-state index contributed by atoms with van der Waals surface area (Å²) in [7, 11) is 0. The van der Waals surface area contributed by atoms with E-state index in [1.165, 1.54) is 6.92 Å². The van der Waals surface area contributed by atoms with Crippen LogP contribution in [0.15, 0.2) is 24.5 Å². The van der Waals surface area contributed by atoms with Gasteiger partial charge in [-0.3, -0.25) is 19.4 Å². The minimum Gasteiger partial charge on any atom is -0.458 e. The molecule has 1 heterocycles. The molecule has 0 saturated carbocycles. The summed E-state index contributed by atoms with van der Waals surface area (Å²) in [6.07, 6.45) is 3.82. The van der Waals surface area contributed by atoms with Gasteiger partial charge in [-0.2, -0.15) is 4.79 Å². The van der Waals surface area contributed by atoms with Crippen LogP contribution < -0.4 is 10.6 Å². The Kier molecular flexibility index (Phi) is 9.51. The molecule has 0 saturated heterocycles. The second kappa shape index (κ2) is 11.6. The lowest BCUT2D eigenvalue weighted by atomic mass is 10.0. The van der Waals surface area contributed by atoms with Crippen LogP contribution in [0.5, 0.6) is 0 Å². The van der Waals surface area contributed by atoms with Crippen LogP contribution in [0.1, 0.15) is 46.1 Å². The van der Waals surface area contributed by atoms with E-state index in [-0.39, 0.29) is 19.3 Å². The molecule has 162 valence electrons. The molecule has 2 atom stereocenters. The zero-order chi connectivity index (χ0) is 22.7. The molecular formula is C20H27N5O5. The number of ketones is 1. The largest absolute Gasteiger partial charge is 0.458 e. The highest BCUT2D eigenvalue weighted by Crippen LogP contribution is 2.12. The fourth-order valence-corrected chi connectivity index (χ4v) is 2.52. The predicted octanol–water partition coefficient (Wildman–Crippen LogP) is 0.605. The summed E-state index contributed by atoms with van der Waals surface area (Å²) in [6, 6.07) is 1.38. The molecule has 0 spiro atoms. The second-order valence-corrected chi connectivity index (χ2v) is 7.66. The molecule has 0 aromatic carbocycles. The Morgan fingerprint density at radius 2 is 1.93 bits per heavy atom. The van der Waals surface area contributed by atoms with Crippen LogP contribution in [0.3, 0.4) is 0 Å². The first-order valence-corrected chi connectivity index (χ1v) is 9.41. The van der Waals surface area contributed by atoms with Gasteiger partial charge in [0.05, 0.1) is 0 Å². The van der Waals surface area contributed by atoms with E-state index in [1.54, 1.807) is 45.3 Å². The molecule has 1 aromatic heterocycles. The Bertz CT molecular complexity index is 813. The minimum absolute atomic E-state index is 0.0643. The molecule has 2 N–H and O–H groups in total. The molecule has 0 aliphatic heterocycles. The Morgan fingerprint density at radius 1 is 1.23 bits per heavy atom. The number of amides is 2. The number of hydrogen-bond donors (Lipinski definition) is 2. The average molecular weight is 417 g/mol. The number of rotatable bonds is 10. The molecule has 0 radical (unpaired) electrons. The summed E-state index contributed by atoms with van der Waals surface area (Å²) in [4.78, 5) is 55.2. The lowest BCUT2D eigenvalue weighted by Gasteiger charge is -2.26. The van der Waals surface area contributed by atoms with Crippen molar-refractivity contribution in [1.82, 2.24) is 15.6 Å². The Morgan fingerprint density at radius 3 is 2.47 bits per heavy atom. The van der Waals surface area contributed by atoms with Crippen molar-refractivity contribution in [2.75, 3.05) is 0 Å². The maximum Gasteiger partial charge on any atom is 0.329 e. The first kappa shape index (κ1) is 24.6. The number of aromatic nitrogens is 1. The van der Waals surface area contributed by atoms with Crippen LogP contribution in [0, 0.1) is 0 Å². The van der Waals surface area contributed by atoms with E-state index < -0.39 is 41.3 Å². The fourth-order valence-electron chi connectivity index (χ4n) is 2.52. The lowest BCUT2D eigenvalue weighted by molar-refractivity contribution is -0.159. The number of Topliss-reactive ketones (excluding diaryl/α,β-unsaturated/α-hetero) is 1. The molecule has 0 unspecified atom stereocenters. The normalized spacial score (nSPS) is 12.7. The zero-order valence-corrected chi connectivity index (χ0v) is 17.5. The number of carbonyl (C=O) groups excluding carboxylic acids is 4. The van der Waals surface area contributed by atoms with Crippen molar-refractivity contribution in [2.24, 2.45) is 0 Å². The van der Waals surface area contributed by atoms with Gasteiger partial charge in [0.1, 0.15) is 17.7 Å². The second-order valence-electron chi connectivity index (χ2n) is 7.66. The quantitative estimate of drug-likeness (QED) is 0.246. The van der Waals surface area contributed by atoms with Gasteiger partial charge in [-0.25, -0.2) is 4.79 Å². The molecule has 2 amide bonds. The van der Waals surface area contributed by atoms with Gasteiger partial charge >= 0.3 is 12.2 Å². The van der Waals surface area contributed by atoms with Crippen LogP contribution in [0.4, 0.5) is 0 Å². The summed E-state index contributed by atoms with van der Waals surface area (Å²) in [5.74, 6) is -2.25. The number of carbonyl (C=O) groups is 4. The van der Waals surface area contributed by atoms with Crippen molar-refractivity contribution in [3.63, 3.8) is 0 Å². The SMILES string of the molecule is CC(=O)N[C@@H](Cc1cccnc1)C(=O)N[C@@H](CCC(=O)C=[N+]=[N-])C(=O)OC(C)(C)C. The van der Waals surface area contributed by atoms with Gasteiger partial charge in [0.15, 0.2) is 0 Å². The summed E-state index contributed by atoms with van der Waals surface area (Å²) < 4.78 is 5.33. The summed E-state index contributed by atoms with van der Waals surface area (Å²) in [6.45, 7) is 6.31. The fraction of sp³-hybridized carbons (Fsp3) is 0.500. The smallest absolute Gasteiger partial charge is 0.329 e. The third-order valence-corrected chi connectivity index (χ3v) is 3.75. The monoisotopic (exact) mass is 417 g/mol. The highest BCUT2D eigenvalue weighted by Gasteiger charge is 2.30. The number of hydrogen-bond acceptors (Lipinski definition) is 6. The van der Waals surface area contributed by atoms with Crippen molar-refractivity contribution < 1.29 is 28.7 Å². The molecule has 0 fully saturated rings. The van der Waals surface area contributed by atoms with Gasteiger partial charge in [0.25, 0.3) is 0 Å². The molecule has 0 aliphatic rings. The molecule has 1 aromatic rings.